The Hall–Kier alpha value is -1.49. The molecule has 0 spiro atoms. The Balaban J connectivity index is 1.88. The summed E-state index contributed by atoms with van der Waals surface area (Å²) in [5.74, 6) is 1.89. The van der Waals surface area contributed by atoms with Crippen LogP contribution in [0.4, 0.5) is 0 Å². The minimum absolute atomic E-state index is 0.322. The van der Waals surface area contributed by atoms with Crippen LogP contribution in [0, 0.1) is 13.8 Å². The van der Waals surface area contributed by atoms with Gasteiger partial charge in [-0.3, -0.25) is 0 Å². The highest BCUT2D eigenvalue weighted by atomic mass is 32.2. The van der Waals surface area contributed by atoms with Gasteiger partial charge in [0.2, 0.25) is 5.16 Å². The molecule has 3 rings (SSSR count). The first kappa shape index (κ1) is 10.7. The number of nitrogens with zero attached hydrogens (tertiary/aromatic N) is 3. The summed E-state index contributed by atoms with van der Waals surface area (Å²) in [5.41, 5.74) is 6.05. The molecule has 2 heterocycles. The second-order valence-corrected chi connectivity index (χ2v) is 5.26. The van der Waals surface area contributed by atoms with Crippen molar-refractivity contribution >= 4 is 11.8 Å². The van der Waals surface area contributed by atoms with Crippen molar-refractivity contribution in [1.29, 1.82) is 0 Å². The molecule has 0 fully saturated rings. The van der Waals surface area contributed by atoms with Gasteiger partial charge in [-0.05, 0) is 19.4 Å². The lowest BCUT2D eigenvalue weighted by molar-refractivity contribution is 0.646. The maximum Gasteiger partial charge on any atom is 0.210 e. The summed E-state index contributed by atoms with van der Waals surface area (Å²) in [4.78, 5) is 0. The van der Waals surface area contributed by atoms with Crippen LogP contribution in [0.25, 0.3) is 0 Å². The Kier molecular flexibility index (Phi) is 2.55. The molecule has 0 bridgehead atoms. The van der Waals surface area contributed by atoms with E-state index in [0.29, 0.717) is 6.04 Å². The number of aromatic nitrogens is 3. The maximum atomic E-state index is 4.11. The van der Waals surface area contributed by atoms with Gasteiger partial charge in [0, 0.05) is 5.75 Å². The molecule has 1 aliphatic heterocycles. The van der Waals surface area contributed by atoms with E-state index in [1.54, 1.807) is 11.8 Å². The van der Waals surface area contributed by atoms with E-state index in [1.165, 1.54) is 11.1 Å². The van der Waals surface area contributed by atoms with Gasteiger partial charge in [-0.15, -0.1) is 10.2 Å². The van der Waals surface area contributed by atoms with Gasteiger partial charge < -0.3 is 5.43 Å². The van der Waals surface area contributed by atoms with Crippen molar-refractivity contribution in [1.82, 2.24) is 14.9 Å². The summed E-state index contributed by atoms with van der Waals surface area (Å²) in [5, 5.41) is 9.13. The molecule has 4 nitrogen and oxygen atoms in total. The zero-order valence-corrected chi connectivity index (χ0v) is 10.7. The van der Waals surface area contributed by atoms with Crippen molar-refractivity contribution in [2.24, 2.45) is 0 Å². The molecule has 0 amide bonds. The largest absolute Gasteiger partial charge is 0.314 e. The van der Waals surface area contributed by atoms with Gasteiger partial charge in [-0.1, -0.05) is 41.6 Å². The molecule has 88 valence electrons. The molecule has 2 aromatic rings. The lowest BCUT2D eigenvalue weighted by atomic mass is 10.1. The van der Waals surface area contributed by atoms with Crippen molar-refractivity contribution < 1.29 is 0 Å². The number of benzene rings is 1. The van der Waals surface area contributed by atoms with Crippen LogP contribution in [0.1, 0.15) is 23.0 Å². The van der Waals surface area contributed by atoms with Crippen LogP contribution >= 0.6 is 11.8 Å². The summed E-state index contributed by atoms with van der Waals surface area (Å²) in [7, 11) is 0. The lowest BCUT2D eigenvalue weighted by Gasteiger charge is -2.26. The summed E-state index contributed by atoms with van der Waals surface area (Å²) in [6.45, 7) is 4.07. The Labute approximate surface area is 104 Å². The van der Waals surface area contributed by atoms with E-state index >= 15 is 0 Å². The van der Waals surface area contributed by atoms with Crippen LogP contribution < -0.4 is 5.43 Å². The fourth-order valence-electron chi connectivity index (χ4n) is 1.91. The highest BCUT2D eigenvalue weighted by molar-refractivity contribution is 7.99. The third kappa shape index (κ3) is 1.91. The summed E-state index contributed by atoms with van der Waals surface area (Å²) in [6.07, 6.45) is 0. The number of rotatable bonds is 1. The highest BCUT2D eigenvalue weighted by Gasteiger charge is 2.22. The van der Waals surface area contributed by atoms with Crippen LogP contribution in [0.5, 0.6) is 0 Å². The number of thioether (sulfide) groups is 1. The Morgan fingerprint density at radius 1 is 1.24 bits per heavy atom. The Morgan fingerprint density at radius 3 is 2.76 bits per heavy atom. The van der Waals surface area contributed by atoms with E-state index in [4.69, 9.17) is 0 Å². The van der Waals surface area contributed by atoms with E-state index in [0.717, 1.165) is 16.7 Å². The van der Waals surface area contributed by atoms with Crippen LogP contribution in [-0.2, 0) is 0 Å². The monoisotopic (exact) mass is 246 g/mol. The quantitative estimate of drug-likeness (QED) is 0.838. The maximum absolute atomic E-state index is 4.11. The van der Waals surface area contributed by atoms with Crippen LogP contribution in [-0.4, -0.2) is 20.6 Å². The molecule has 0 saturated heterocycles. The fraction of sp³-hybridized carbons (Fsp3) is 0.333. The average Bonchev–Trinajstić information content (AvgIpc) is 2.72. The highest BCUT2D eigenvalue weighted by Crippen LogP contribution is 2.29. The number of fused-ring (bicyclic) bond motifs is 1. The SMILES string of the molecule is Cc1ccc(C2CSc3nnc(C)n3N2)cc1. The van der Waals surface area contributed by atoms with Crippen molar-refractivity contribution in [3.63, 3.8) is 0 Å². The molecule has 1 aromatic carbocycles. The lowest BCUT2D eigenvalue weighted by Crippen LogP contribution is -2.28. The zero-order valence-electron chi connectivity index (χ0n) is 9.84. The van der Waals surface area contributed by atoms with Gasteiger partial charge in [0.05, 0.1) is 6.04 Å². The summed E-state index contributed by atoms with van der Waals surface area (Å²) >= 11 is 1.74. The Bertz CT molecular complexity index is 532. The standard InChI is InChI=1S/C12H14N4S/c1-8-3-5-10(6-4-8)11-7-17-12-14-13-9(2)16(12)15-11/h3-6,11,15H,7H2,1-2H3. The minimum atomic E-state index is 0.322. The molecule has 0 radical (unpaired) electrons. The van der Waals surface area contributed by atoms with Crippen molar-refractivity contribution in [2.45, 2.75) is 25.0 Å². The van der Waals surface area contributed by atoms with Gasteiger partial charge in [0.15, 0.2) is 0 Å². The second-order valence-electron chi connectivity index (χ2n) is 4.27. The molecule has 1 N–H and O–H groups in total. The first-order valence-corrected chi connectivity index (χ1v) is 6.60. The van der Waals surface area contributed by atoms with Gasteiger partial charge in [-0.2, -0.15) is 0 Å². The molecule has 0 aliphatic carbocycles. The van der Waals surface area contributed by atoms with E-state index < -0.39 is 0 Å². The molecule has 5 heteroatoms. The van der Waals surface area contributed by atoms with Gasteiger partial charge in [-0.25, -0.2) is 4.68 Å². The molecular weight excluding hydrogens is 232 g/mol. The van der Waals surface area contributed by atoms with E-state index in [1.807, 2.05) is 11.6 Å². The first-order chi connectivity index (χ1) is 8.24. The fourth-order valence-corrected chi connectivity index (χ4v) is 2.90. The van der Waals surface area contributed by atoms with Crippen LogP contribution in [0.2, 0.25) is 0 Å². The van der Waals surface area contributed by atoms with E-state index in [9.17, 15) is 0 Å². The van der Waals surface area contributed by atoms with Crippen molar-refractivity contribution in [2.75, 3.05) is 11.2 Å². The van der Waals surface area contributed by atoms with Crippen LogP contribution in [0.15, 0.2) is 29.4 Å². The van der Waals surface area contributed by atoms with Crippen molar-refractivity contribution in [3.05, 3.63) is 41.2 Å². The second kappa shape index (κ2) is 4.07. The molecule has 0 saturated carbocycles. The molecule has 17 heavy (non-hydrogen) atoms. The molecular formula is C12H14N4S. The summed E-state index contributed by atoms with van der Waals surface area (Å²) in [6, 6.07) is 8.98. The predicted octanol–water partition coefficient (Wildman–Crippen LogP) is 2.29. The van der Waals surface area contributed by atoms with Crippen LogP contribution in [0.3, 0.4) is 0 Å². The molecule has 1 aliphatic rings. The molecule has 1 aromatic heterocycles. The predicted molar refractivity (Wildman–Crippen MR) is 68.8 cm³/mol. The summed E-state index contributed by atoms with van der Waals surface area (Å²) < 4.78 is 1.97. The van der Waals surface area contributed by atoms with E-state index in [2.05, 4.69) is 46.8 Å². The average molecular weight is 246 g/mol. The smallest absolute Gasteiger partial charge is 0.210 e. The number of nitrogens with one attached hydrogen (secondary N) is 1. The number of hydrogen-bond donors (Lipinski definition) is 1. The molecule has 1 atom stereocenters. The first-order valence-electron chi connectivity index (χ1n) is 5.62. The normalized spacial score (nSPS) is 18.6. The van der Waals surface area contributed by atoms with Gasteiger partial charge >= 0.3 is 0 Å². The van der Waals surface area contributed by atoms with Gasteiger partial charge in [0.25, 0.3) is 0 Å². The third-order valence-electron chi connectivity index (χ3n) is 2.94. The van der Waals surface area contributed by atoms with E-state index in [-0.39, 0.29) is 0 Å². The zero-order chi connectivity index (χ0) is 11.8. The topological polar surface area (TPSA) is 42.7 Å². The minimum Gasteiger partial charge on any atom is -0.314 e. The third-order valence-corrected chi connectivity index (χ3v) is 3.96. The number of aryl methyl sites for hydroxylation is 2. The Morgan fingerprint density at radius 2 is 2.00 bits per heavy atom. The molecule has 1 unspecified atom stereocenters. The van der Waals surface area contributed by atoms with Crippen molar-refractivity contribution in [3.8, 4) is 0 Å². The van der Waals surface area contributed by atoms with Gasteiger partial charge in [0.1, 0.15) is 5.82 Å². The number of hydrogen-bond acceptors (Lipinski definition) is 4.